The second-order valence-electron chi connectivity index (χ2n) is 17.0. The lowest BCUT2D eigenvalue weighted by atomic mass is 9.81. The molecule has 0 spiro atoms. The van der Waals surface area contributed by atoms with Gasteiger partial charge in [0.25, 0.3) is 0 Å². The van der Waals surface area contributed by atoms with Crippen molar-refractivity contribution in [1.82, 2.24) is 10.6 Å². The van der Waals surface area contributed by atoms with E-state index in [0.717, 1.165) is 100 Å². The van der Waals surface area contributed by atoms with Crippen LogP contribution >= 0.6 is 69.6 Å². The molecular weight excluding hydrogens is 971 g/mol. The number of ketones is 1. The van der Waals surface area contributed by atoms with Gasteiger partial charge in [-0.05, 0) is 121 Å². The van der Waals surface area contributed by atoms with Gasteiger partial charge in [-0.3, -0.25) is 14.6 Å². The SMILES string of the molecule is O=C1CCC(c2cc(-c3ccccc3Cl)c3c(c2)N(c2c(Cl)cccc2Cl)C(=O)NC3)CC1.O=C1NCc2c(-c3ccccc3Cl)cc(C3CCC(=NO)CC3)cc2N1c1c(Cl)cccc1Cl. The topological polar surface area (TPSA) is 114 Å². The molecule has 2 fully saturated rings. The molecular formula is C52H43Cl6N5O4. The minimum absolute atomic E-state index is 0.225. The summed E-state index contributed by atoms with van der Waals surface area (Å²) in [6, 6.07) is 33.7. The van der Waals surface area contributed by atoms with Crippen LogP contribution in [0.1, 0.15) is 85.5 Å². The highest BCUT2D eigenvalue weighted by molar-refractivity contribution is 6.41. The highest BCUT2D eigenvalue weighted by atomic mass is 35.5. The van der Waals surface area contributed by atoms with Gasteiger partial charge in [0.15, 0.2) is 0 Å². The number of benzene rings is 6. The van der Waals surface area contributed by atoms with Gasteiger partial charge >= 0.3 is 12.1 Å². The fourth-order valence-corrected chi connectivity index (χ4v) is 11.3. The van der Waals surface area contributed by atoms with Crippen molar-refractivity contribution in [2.45, 2.75) is 76.3 Å². The molecule has 3 N–H and O–H groups in total. The molecule has 342 valence electrons. The first-order chi connectivity index (χ1) is 32.4. The second-order valence-corrected chi connectivity index (χ2v) is 19.4. The molecule has 0 radical (unpaired) electrons. The number of hydrogen-bond donors (Lipinski definition) is 3. The average molecular weight is 1010 g/mol. The number of urea groups is 2. The van der Waals surface area contributed by atoms with Crippen LogP contribution in [0.4, 0.5) is 32.3 Å². The minimum atomic E-state index is -0.293. The maximum Gasteiger partial charge on any atom is 0.326 e. The van der Waals surface area contributed by atoms with Crippen LogP contribution in [0, 0.1) is 0 Å². The van der Waals surface area contributed by atoms with Crippen LogP contribution in [0.15, 0.2) is 114 Å². The minimum Gasteiger partial charge on any atom is -0.411 e. The first-order valence-corrected chi connectivity index (χ1v) is 24.3. The zero-order valence-corrected chi connectivity index (χ0v) is 40.4. The summed E-state index contributed by atoms with van der Waals surface area (Å²) in [6.07, 6.45) is 5.92. The number of oxime groups is 1. The zero-order chi connectivity index (χ0) is 46.9. The molecule has 6 aromatic rings. The molecule has 0 saturated heterocycles. The van der Waals surface area contributed by atoms with E-state index in [1.54, 1.807) is 46.2 Å². The van der Waals surface area contributed by atoms with Gasteiger partial charge in [0.2, 0.25) is 0 Å². The van der Waals surface area contributed by atoms with Crippen LogP contribution in [-0.4, -0.2) is 28.8 Å². The van der Waals surface area contributed by atoms with Crippen LogP contribution in [0.5, 0.6) is 0 Å². The molecule has 2 aliphatic carbocycles. The highest BCUT2D eigenvalue weighted by Gasteiger charge is 2.35. The van der Waals surface area contributed by atoms with Crippen LogP contribution < -0.4 is 20.4 Å². The van der Waals surface area contributed by atoms with E-state index in [4.69, 9.17) is 74.8 Å². The van der Waals surface area contributed by atoms with E-state index < -0.39 is 0 Å². The Morgan fingerprint density at radius 1 is 0.478 bits per heavy atom. The largest absolute Gasteiger partial charge is 0.411 e. The Bertz CT molecular complexity index is 2920. The predicted octanol–water partition coefficient (Wildman–Crippen LogP) is 16.1. The van der Waals surface area contributed by atoms with Gasteiger partial charge in [-0.2, -0.15) is 0 Å². The van der Waals surface area contributed by atoms with Gasteiger partial charge in [-0.25, -0.2) is 9.59 Å². The molecule has 0 unspecified atom stereocenters. The van der Waals surface area contributed by atoms with E-state index >= 15 is 0 Å². The van der Waals surface area contributed by atoms with Crippen molar-refractivity contribution < 1.29 is 19.6 Å². The van der Waals surface area contributed by atoms with Gasteiger partial charge < -0.3 is 15.8 Å². The third-order valence-corrected chi connectivity index (χ3v) is 14.9. The Kier molecular flexibility index (Phi) is 14.1. The Labute approximate surface area is 418 Å². The van der Waals surface area contributed by atoms with Gasteiger partial charge in [-0.15, -0.1) is 0 Å². The van der Waals surface area contributed by atoms with Crippen molar-refractivity contribution in [1.29, 1.82) is 0 Å². The molecule has 0 bridgehead atoms. The highest BCUT2D eigenvalue weighted by Crippen LogP contribution is 2.49. The number of rotatable bonds is 6. The molecule has 67 heavy (non-hydrogen) atoms. The molecule has 2 heterocycles. The molecule has 0 atom stereocenters. The maximum atomic E-state index is 13.2. The number of Topliss-reactive ketones (excluding diaryl/α,β-unsaturated/α-hetero) is 1. The number of fused-ring (bicyclic) bond motifs is 2. The number of anilines is 4. The average Bonchev–Trinajstić information content (AvgIpc) is 3.33. The molecule has 15 heteroatoms. The molecule has 6 aromatic carbocycles. The van der Waals surface area contributed by atoms with Crippen molar-refractivity contribution in [3.8, 4) is 22.3 Å². The first kappa shape index (κ1) is 46.8. The lowest BCUT2D eigenvalue weighted by molar-refractivity contribution is -0.120. The summed E-state index contributed by atoms with van der Waals surface area (Å²) in [7, 11) is 0. The van der Waals surface area contributed by atoms with Crippen LogP contribution in [0.2, 0.25) is 30.1 Å². The Morgan fingerprint density at radius 3 is 1.24 bits per heavy atom. The summed E-state index contributed by atoms with van der Waals surface area (Å²) in [4.78, 5) is 41.3. The van der Waals surface area contributed by atoms with Crippen molar-refractivity contribution in [2.75, 3.05) is 9.80 Å². The van der Waals surface area contributed by atoms with E-state index in [9.17, 15) is 14.4 Å². The van der Waals surface area contributed by atoms with Crippen molar-refractivity contribution in [2.24, 2.45) is 5.16 Å². The van der Waals surface area contributed by atoms with E-state index in [0.29, 0.717) is 73.2 Å². The quantitative estimate of drug-likeness (QED) is 0.114. The Morgan fingerprint density at radius 2 is 0.851 bits per heavy atom. The summed E-state index contributed by atoms with van der Waals surface area (Å²) in [5.41, 5.74) is 11.0. The smallest absolute Gasteiger partial charge is 0.326 e. The van der Waals surface area contributed by atoms with Crippen molar-refractivity contribution in [3.63, 3.8) is 0 Å². The fourth-order valence-electron chi connectivity index (χ4n) is 9.65. The number of halogens is 6. The standard InChI is InChI=1S/C26H22Cl3N3O2.C26H21Cl3N2O2/c27-21-5-2-1-4-18(21)19-12-16(15-8-10-17(31-34)11-9-15)13-24-20(19)14-30-26(33)32(24)25-22(28)6-3-7-23(25)29;27-21-5-2-1-4-18(21)19-12-16(15-8-10-17(32)11-9-15)13-24-20(19)14-30-26(33)31(24)25-22(28)6-3-7-23(25)29/h1-7,12-13,15,34H,8-11,14H2,(H,30,33);1-7,12-13,15H,8-11,14H2,(H,30,33). The fraction of sp³-hybridized carbons (Fsp3) is 0.231. The van der Waals surface area contributed by atoms with Crippen LogP contribution in [0.25, 0.3) is 22.3 Å². The number of amides is 4. The van der Waals surface area contributed by atoms with E-state index in [-0.39, 0.29) is 23.9 Å². The normalized spacial score (nSPS) is 17.2. The summed E-state index contributed by atoms with van der Waals surface area (Å²) in [6.45, 7) is 0.719. The lowest BCUT2D eigenvalue weighted by Crippen LogP contribution is -2.41. The second kappa shape index (κ2) is 20.1. The molecule has 10 rings (SSSR count). The Balaban J connectivity index is 0.000000168. The third-order valence-electron chi connectivity index (χ3n) is 13.1. The van der Waals surface area contributed by atoms with Crippen LogP contribution in [0.3, 0.4) is 0 Å². The number of para-hydroxylation sites is 2. The Hall–Kier alpha value is -5.26. The molecule has 4 aliphatic rings. The lowest BCUT2D eigenvalue weighted by Gasteiger charge is -2.34. The van der Waals surface area contributed by atoms with Gasteiger partial charge in [0, 0.05) is 58.2 Å². The van der Waals surface area contributed by atoms with Crippen molar-refractivity contribution >= 4 is 116 Å². The van der Waals surface area contributed by atoms with Gasteiger partial charge in [-0.1, -0.05) is 135 Å². The molecule has 2 saturated carbocycles. The summed E-state index contributed by atoms with van der Waals surface area (Å²) < 4.78 is 0. The monoisotopic (exact) mass is 1010 g/mol. The first-order valence-electron chi connectivity index (χ1n) is 22.0. The summed E-state index contributed by atoms with van der Waals surface area (Å²) in [5.74, 6) is 0.785. The molecule has 9 nitrogen and oxygen atoms in total. The number of carbonyl (C=O) groups excluding carboxylic acids is 3. The number of nitrogens with one attached hydrogen (secondary N) is 2. The predicted molar refractivity (Wildman–Crippen MR) is 272 cm³/mol. The number of hydrogen-bond acceptors (Lipinski definition) is 5. The van der Waals surface area contributed by atoms with Gasteiger partial charge in [0.05, 0.1) is 48.6 Å². The molecule has 2 aliphatic heterocycles. The number of nitrogens with zero attached hydrogens (tertiary/aromatic N) is 3. The van der Waals surface area contributed by atoms with E-state index in [1.165, 1.54) is 0 Å². The third kappa shape index (κ3) is 9.47. The number of carbonyl (C=O) groups is 3. The zero-order valence-electron chi connectivity index (χ0n) is 35.9. The molecule has 4 amide bonds. The maximum absolute atomic E-state index is 13.2. The van der Waals surface area contributed by atoms with Crippen LogP contribution in [-0.2, 0) is 17.9 Å². The summed E-state index contributed by atoms with van der Waals surface area (Å²) >= 11 is 39.3. The van der Waals surface area contributed by atoms with Gasteiger partial charge in [0.1, 0.15) is 5.78 Å². The molecule has 0 aromatic heterocycles. The van der Waals surface area contributed by atoms with E-state index in [1.807, 2.05) is 48.5 Å². The van der Waals surface area contributed by atoms with E-state index in [2.05, 4.69) is 40.1 Å². The summed E-state index contributed by atoms with van der Waals surface area (Å²) in [5, 5.41) is 21.3. The van der Waals surface area contributed by atoms with Crippen molar-refractivity contribution in [3.05, 3.63) is 162 Å².